The molecule has 0 bridgehead atoms. The van der Waals surface area contributed by atoms with Crippen LogP contribution in [0, 0.1) is 5.92 Å². The molecule has 25 heavy (non-hydrogen) atoms. The molecule has 2 aromatic rings. The molecule has 1 saturated heterocycles. The van der Waals surface area contributed by atoms with Crippen molar-refractivity contribution in [3.8, 4) is 0 Å². The number of hydrogen-bond acceptors (Lipinski definition) is 3. The maximum absolute atomic E-state index is 12.6. The van der Waals surface area contributed by atoms with Crippen LogP contribution in [-0.4, -0.2) is 38.7 Å². The summed E-state index contributed by atoms with van der Waals surface area (Å²) >= 11 is 0. The van der Waals surface area contributed by atoms with Gasteiger partial charge in [0.15, 0.2) is 5.69 Å². The molecular formula is C17H19F3N4O. The van der Waals surface area contributed by atoms with Gasteiger partial charge in [0, 0.05) is 31.2 Å². The summed E-state index contributed by atoms with van der Waals surface area (Å²) in [6.07, 6.45) is 1.14. The van der Waals surface area contributed by atoms with E-state index in [2.05, 4.69) is 10.1 Å². The fourth-order valence-electron chi connectivity index (χ4n) is 3.11. The number of rotatable bonds is 4. The molecule has 0 spiro atoms. The van der Waals surface area contributed by atoms with Crippen molar-refractivity contribution in [2.24, 2.45) is 5.92 Å². The van der Waals surface area contributed by atoms with E-state index in [0.29, 0.717) is 19.0 Å². The Hall–Kier alpha value is -2.38. The largest absolute Gasteiger partial charge is 0.435 e. The Morgan fingerprint density at radius 2 is 2.12 bits per heavy atom. The molecule has 0 radical (unpaired) electrons. The molecular weight excluding hydrogens is 333 g/mol. The van der Waals surface area contributed by atoms with Crippen molar-refractivity contribution in [1.29, 1.82) is 0 Å². The molecule has 3 rings (SSSR count). The van der Waals surface area contributed by atoms with E-state index in [9.17, 15) is 18.0 Å². The van der Waals surface area contributed by atoms with Crippen LogP contribution in [0.1, 0.15) is 24.2 Å². The summed E-state index contributed by atoms with van der Waals surface area (Å²) in [7, 11) is 0. The zero-order valence-electron chi connectivity index (χ0n) is 13.6. The number of nitrogens with zero attached hydrogens (tertiary/aromatic N) is 4. The maximum atomic E-state index is 12.6. The second-order valence-corrected chi connectivity index (χ2v) is 6.27. The van der Waals surface area contributed by atoms with Gasteiger partial charge in [-0.1, -0.05) is 6.07 Å². The monoisotopic (exact) mass is 352 g/mol. The Labute approximate surface area is 143 Å². The number of alkyl halides is 3. The minimum absolute atomic E-state index is 0.174. The first-order chi connectivity index (χ1) is 11.9. The van der Waals surface area contributed by atoms with Gasteiger partial charge < -0.3 is 4.90 Å². The van der Waals surface area contributed by atoms with Crippen LogP contribution in [0.3, 0.4) is 0 Å². The lowest BCUT2D eigenvalue weighted by atomic mass is 9.93. The van der Waals surface area contributed by atoms with E-state index in [0.717, 1.165) is 35.7 Å². The first kappa shape index (κ1) is 17.4. The van der Waals surface area contributed by atoms with Gasteiger partial charge in [-0.05, 0) is 43.4 Å². The highest BCUT2D eigenvalue weighted by Crippen LogP contribution is 2.27. The molecule has 1 amide bonds. The first-order valence-electron chi connectivity index (χ1n) is 8.20. The molecule has 1 fully saturated rings. The minimum atomic E-state index is -4.49. The van der Waals surface area contributed by atoms with Crippen LogP contribution < -0.4 is 0 Å². The quantitative estimate of drug-likeness (QED) is 0.850. The maximum Gasteiger partial charge on any atom is 0.435 e. The summed E-state index contributed by atoms with van der Waals surface area (Å²) in [5, 5.41) is 3.44. The van der Waals surface area contributed by atoms with E-state index in [1.54, 1.807) is 11.1 Å². The lowest BCUT2D eigenvalue weighted by molar-refractivity contribution is -0.142. The van der Waals surface area contributed by atoms with Crippen LogP contribution in [0.5, 0.6) is 0 Å². The number of amides is 1. The van der Waals surface area contributed by atoms with E-state index >= 15 is 0 Å². The van der Waals surface area contributed by atoms with Crippen LogP contribution >= 0.6 is 0 Å². The summed E-state index contributed by atoms with van der Waals surface area (Å²) in [5.74, 6) is 0.110. The fraction of sp³-hybridized carbons (Fsp3) is 0.471. The second kappa shape index (κ2) is 7.25. The van der Waals surface area contributed by atoms with Crippen molar-refractivity contribution in [2.75, 3.05) is 13.1 Å². The second-order valence-electron chi connectivity index (χ2n) is 6.27. The number of aromatic nitrogens is 3. The molecule has 0 aromatic carbocycles. The molecule has 2 aromatic heterocycles. The predicted octanol–water partition coefficient (Wildman–Crippen LogP) is 2.78. The summed E-state index contributed by atoms with van der Waals surface area (Å²) in [5.41, 5.74) is 0.00988. The summed E-state index contributed by atoms with van der Waals surface area (Å²) in [6.45, 7) is 1.06. The third-order valence-corrected chi connectivity index (χ3v) is 4.32. The fourth-order valence-corrected chi connectivity index (χ4v) is 3.11. The molecule has 0 aliphatic carbocycles. The van der Waals surface area contributed by atoms with E-state index in [1.807, 2.05) is 18.2 Å². The number of carbonyl (C=O) groups excluding carboxylic acids is 1. The van der Waals surface area contributed by atoms with Crippen molar-refractivity contribution in [1.82, 2.24) is 19.7 Å². The Bertz CT molecular complexity index is 714. The van der Waals surface area contributed by atoms with Gasteiger partial charge in [-0.2, -0.15) is 18.3 Å². The third-order valence-electron chi connectivity index (χ3n) is 4.32. The predicted molar refractivity (Wildman–Crippen MR) is 84.5 cm³/mol. The molecule has 0 N–H and O–H groups in total. The average molecular weight is 352 g/mol. The standard InChI is InChI=1S/C17H19F3N4O/c18-17(19,20)15-6-9-24(22-15)12-16(25)23-8-3-4-13(11-23)10-14-5-1-2-7-21-14/h1-2,5-7,9,13H,3-4,8,10-12H2/t13-/m0/s1. The van der Waals surface area contributed by atoms with E-state index in [4.69, 9.17) is 0 Å². The normalized spacial score (nSPS) is 18.4. The van der Waals surface area contributed by atoms with Crippen LogP contribution in [-0.2, 0) is 23.9 Å². The van der Waals surface area contributed by atoms with Gasteiger partial charge >= 0.3 is 6.18 Å². The average Bonchev–Trinajstić information content (AvgIpc) is 3.05. The zero-order chi connectivity index (χ0) is 17.9. The van der Waals surface area contributed by atoms with Crippen molar-refractivity contribution >= 4 is 5.91 Å². The topological polar surface area (TPSA) is 51.0 Å². The number of carbonyl (C=O) groups is 1. The number of hydrogen-bond donors (Lipinski definition) is 0. The van der Waals surface area contributed by atoms with E-state index in [1.165, 1.54) is 6.20 Å². The van der Waals surface area contributed by atoms with Gasteiger partial charge in [0.1, 0.15) is 6.54 Å². The number of likely N-dealkylation sites (tertiary alicyclic amines) is 1. The highest BCUT2D eigenvalue weighted by atomic mass is 19.4. The number of halogens is 3. The zero-order valence-corrected chi connectivity index (χ0v) is 13.6. The molecule has 1 aliphatic rings. The van der Waals surface area contributed by atoms with Crippen LogP contribution in [0.25, 0.3) is 0 Å². The van der Waals surface area contributed by atoms with E-state index in [-0.39, 0.29) is 12.5 Å². The minimum Gasteiger partial charge on any atom is -0.341 e. The highest BCUT2D eigenvalue weighted by molar-refractivity contribution is 5.76. The van der Waals surface area contributed by atoms with E-state index < -0.39 is 11.9 Å². The molecule has 1 atom stereocenters. The molecule has 0 unspecified atom stereocenters. The molecule has 5 nitrogen and oxygen atoms in total. The van der Waals surface area contributed by atoms with Gasteiger partial charge in [-0.3, -0.25) is 14.5 Å². The van der Waals surface area contributed by atoms with Crippen molar-refractivity contribution in [2.45, 2.75) is 32.0 Å². The van der Waals surface area contributed by atoms with Gasteiger partial charge in [0.25, 0.3) is 0 Å². The molecule has 8 heteroatoms. The highest BCUT2D eigenvalue weighted by Gasteiger charge is 2.34. The lowest BCUT2D eigenvalue weighted by Gasteiger charge is -2.32. The molecule has 134 valence electrons. The van der Waals surface area contributed by atoms with Gasteiger partial charge in [0.05, 0.1) is 0 Å². The molecule has 0 saturated carbocycles. The van der Waals surface area contributed by atoms with Crippen LogP contribution in [0.2, 0.25) is 0 Å². The van der Waals surface area contributed by atoms with Crippen molar-refractivity contribution in [3.05, 3.63) is 48.0 Å². The van der Waals surface area contributed by atoms with Crippen LogP contribution in [0.15, 0.2) is 36.7 Å². The Balaban J connectivity index is 1.57. The Morgan fingerprint density at radius 3 is 2.80 bits per heavy atom. The smallest absolute Gasteiger partial charge is 0.341 e. The van der Waals surface area contributed by atoms with Crippen molar-refractivity contribution in [3.63, 3.8) is 0 Å². The summed E-state index contributed by atoms with van der Waals surface area (Å²) in [6, 6.07) is 6.64. The third kappa shape index (κ3) is 4.58. The van der Waals surface area contributed by atoms with Gasteiger partial charge in [-0.25, -0.2) is 0 Å². The summed E-state index contributed by atoms with van der Waals surface area (Å²) in [4.78, 5) is 18.4. The number of piperidine rings is 1. The SMILES string of the molecule is O=C(Cn1ccc(C(F)(F)F)n1)N1CCC[C@@H](Cc2ccccn2)C1. The van der Waals surface area contributed by atoms with Crippen LogP contribution in [0.4, 0.5) is 13.2 Å². The van der Waals surface area contributed by atoms with Gasteiger partial charge in [-0.15, -0.1) is 0 Å². The summed E-state index contributed by atoms with van der Waals surface area (Å²) < 4.78 is 38.8. The lowest BCUT2D eigenvalue weighted by Crippen LogP contribution is -2.42. The Kier molecular flexibility index (Phi) is 5.06. The van der Waals surface area contributed by atoms with Crippen molar-refractivity contribution < 1.29 is 18.0 Å². The first-order valence-corrected chi connectivity index (χ1v) is 8.20. The number of pyridine rings is 1. The van der Waals surface area contributed by atoms with Gasteiger partial charge in [0.2, 0.25) is 5.91 Å². The molecule has 1 aliphatic heterocycles. The Morgan fingerprint density at radius 1 is 1.28 bits per heavy atom. The molecule has 3 heterocycles.